The van der Waals surface area contributed by atoms with Gasteiger partial charge in [-0.3, -0.25) is 9.78 Å². The molecule has 0 N–H and O–H groups in total. The molecule has 1 unspecified atom stereocenters. The second kappa shape index (κ2) is 5.85. The zero-order chi connectivity index (χ0) is 11.3. The second-order valence-electron chi connectivity index (χ2n) is 3.11. The third-order valence-electron chi connectivity index (χ3n) is 2.09. The van der Waals surface area contributed by atoms with Gasteiger partial charge in [-0.25, -0.2) is 0 Å². The van der Waals surface area contributed by atoms with Gasteiger partial charge in [-0.15, -0.1) is 0 Å². The second-order valence-corrected chi connectivity index (χ2v) is 4.03. The summed E-state index contributed by atoms with van der Waals surface area (Å²) in [5, 5.41) is 0. The van der Waals surface area contributed by atoms with Crippen LogP contribution in [-0.2, 0) is 9.53 Å². The van der Waals surface area contributed by atoms with Crippen molar-refractivity contribution in [3.8, 4) is 0 Å². The van der Waals surface area contributed by atoms with E-state index in [0.29, 0.717) is 13.0 Å². The van der Waals surface area contributed by atoms with E-state index >= 15 is 0 Å². The fourth-order valence-corrected chi connectivity index (χ4v) is 1.57. The maximum atomic E-state index is 11.6. The van der Waals surface area contributed by atoms with E-state index < -0.39 is 0 Å². The molecule has 0 saturated carbocycles. The Morgan fingerprint density at radius 2 is 2.27 bits per heavy atom. The third kappa shape index (κ3) is 3.30. The van der Waals surface area contributed by atoms with E-state index in [0.717, 1.165) is 10.2 Å². The highest BCUT2D eigenvalue weighted by Crippen LogP contribution is 2.20. The first-order valence-electron chi connectivity index (χ1n) is 4.97. The van der Waals surface area contributed by atoms with Gasteiger partial charge in [0.2, 0.25) is 0 Å². The van der Waals surface area contributed by atoms with Gasteiger partial charge in [0, 0.05) is 10.7 Å². The molecule has 0 spiro atoms. The van der Waals surface area contributed by atoms with Crippen LogP contribution in [0.2, 0.25) is 0 Å². The summed E-state index contributed by atoms with van der Waals surface area (Å²) < 4.78 is 5.90. The molecule has 3 nitrogen and oxygen atoms in total. The molecule has 4 heteroatoms. The Bertz CT molecular complexity index is 324. The minimum absolute atomic E-state index is 0.199. The molecule has 0 radical (unpaired) electrons. The maximum absolute atomic E-state index is 11.6. The molecule has 0 fully saturated rings. The number of halogens is 1. The van der Waals surface area contributed by atoms with Crippen molar-refractivity contribution in [2.45, 2.75) is 26.2 Å². The van der Waals surface area contributed by atoms with Crippen molar-refractivity contribution in [3.05, 3.63) is 28.5 Å². The predicted octanol–water partition coefficient (Wildman–Crippen LogP) is 2.90. The van der Waals surface area contributed by atoms with Crippen molar-refractivity contribution in [2.75, 3.05) is 6.61 Å². The standard InChI is InChI=1S/C11H14BrNO2/c1-3-9(11(14)15-4-2)10-6-5-8(12)7-13-10/h5-7,9H,3-4H2,1-2H3. The number of rotatable bonds is 4. The van der Waals surface area contributed by atoms with Crippen LogP contribution in [0.4, 0.5) is 0 Å². The van der Waals surface area contributed by atoms with Gasteiger partial charge in [0.1, 0.15) is 0 Å². The summed E-state index contributed by atoms with van der Waals surface area (Å²) in [5.74, 6) is -0.451. The molecule has 1 atom stereocenters. The summed E-state index contributed by atoms with van der Waals surface area (Å²) in [7, 11) is 0. The topological polar surface area (TPSA) is 39.2 Å². The molecule has 0 bridgehead atoms. The molecule has 1 aromatic heterocycles. The molecular formula is C11H14BrNO2. The summed E-state index contributed by atoms with van der Waals surface area (Å²) in [6, 6.07) is 3.72. The van der Waals surface area contributed by atoms with Crippen molar-refractivity contribution >= 4 is 21.9 Å². The van der Waals surface area contributed by atoms with E-state index in [1.165, 1.54) is 0 Å². The van der Waals surface area contributed by atoms with Crippen LogP contribution in [0.25, 0.3) is 0 Å². The minimum atomic E-state index is -0.252. The molecule has 0 aliphatic carbocycles. The van der Waals surface area contributed by atoms with Crippen LogP contribution < -0.4 is 0 Å². The summed E-state index contributed by atoms with van der Waals surface area (Å²) in [4.78, 5) is 15.8. The zero-order valence-electron chi connectivity index (χ0n) is 8.87. The number of esters is 1. The van der Waals surface area contributed by atoms with Crippen LogP contribution in [-0.4, -0.2) is 17.6 Å². The van der Waals surface area contributed by atoms with Gasteiger partial charge in [-0.2, -0.15) is 0 Å². The Morgan fingerprint density at radius 3 is 2.73 bits per heavy atom. The molecule has 0 aromatic carbocycles. The van der Waals surface area contributed by atoms with Crippen LogP contribution in [0.5, 0.6) is 0 Å². The Balaban J connectivity index is 2.82. The van der Waals surface area contributed by atoms with Gasteiger partial charge in [-0.1, -0.05) is 6.92 Å². The van der Waals surface area contributed by atoms with Gasteiger partial charge in [-0.05, 0) is 41.4 Å². The van der Waals surface area contributed by atoms with Gasteiger partial charge in [0.15, 0.2) is 0 Å². The lowest BCUT2D eigenvalue weighted by Crippen LogP contribution is -2.16. The lowest BCUT2D eigenvalue weighted by atomic mass is 10.0. The molecule has 0 aliphatic heterocycles. The molecule has 82 valence electrons. The summed E-state index contributed by atoms with van der Waals surface area (Å²) in [5.41, 5.74) is 0.763. The maximum Gasteiger partial charge on any atom is 0.315 e. The number of pyridine rings is 1. The zero-order valence-corrected chi connectivity index (χ0v) is 10.5. The molecule has 0 saturated heterocycles. The quantitative estimate of drug-likeness (QED) is 0.791. The first kappa shape index (κ1) is 12.2. The molecule has 15 heavy (non-hydrogen) atoms. The Kier molecular flexibility index (Phi) is 4.75. The lowest BCUT2D eigenvalue weighted by Gasteiger charge is -2.12. The van der Waals surface area contributed by atoms with Crippen LogP contribution in [0, 0.1) is 0 Å². The highest BCUT2D eigenvalue weighted by molar-refractivity contribution is 9.10. The Hall–Kier alpha value is -0.900. The van der Waals surface area contributed by atoms with E-state index in [-0.39, 0.29) is 11.9 Å². The van der Waals surface area contributed by atoms with Crippen LogP contribution in [0.3, 0.4) is 0 Å². The Labute approximate surface area is 98.0 Å². The molecule has 0 aliphatic rings. The molecule has 0 amide bonds. The first-order valence-corrected chi connectivity index (χ1v) is 5.76. The average molecular weight is 272 g/mol. The number of carbonyl (C=O) groups excluding carboxylic acids is 1. The largest absolute Gasteiger partial charge is 0.465 e. The van der Waals surface area contributed by atoms with Crippen molar-refractivity contribution in [3.63, 3.8) is 0 Å². The average Bonchev–Trinajstić information content (AvgIpc) is 2.22. The van der Waals surface area contributed by atoms with Crippen molar-refractivity contribution in [1.82, 2.24) is 4.98 Å². The highest BCUT2D eigenvalue weighted by atomic mass is 79.9. The van der Waals surface area contributed by atoms with E-state index in [4.69, 9.17) is 4.74 Å². The molecule has 1 heterocycles. The molecule has 1 rings (SSSR count). The van der Waals surface area contributed by atoms with Gasteiger partial charge in [0.05, 0.1) is 18.2 Å². The van der Waals surface area contributed by atoms with Crippen LogP contribution in [0.1, 0.15) is 31.9 Å². The van der Waals surface area contributed by atoms with E-state index in [9.17, 15) is 4.79 Å². The summed E-state index contributed by atoms with van der Waals surface area (Å²) >= 11 is 3.31. The monoisotopic (exact) mass is 271 g/mol. The highest BCUT2D eigenvalue weighted by Gasteiger charge is 2.20. The van der Waals surface area contributed by atoms with Crippen molar-refractivity contribution < 1.29 is 9.53 Å². The number of carbonyl (C=O) groups is 1. The normalized spacial score (nSPS) is 12.2. The van der Waals surface area contributed by atoms with Crippen molar-refractivity contribution in [1.29, 1.82) is 0 Å². The van der Waals surface area contributed by atoms with Gasteiger partial charge in [0.25, 0.3) is 0 Å². The molecular weight excluding hydrogens is 258 g/mol. The molecule has 1 aromatic rings. The Morgan fingerprint density at radius 1 is 1.53 bits per heavy atom. The number of aromatic nitrogens is 1. The smallest absolute Gasteiger partial charge is 0.315 e. The van der Waals surface area contributed by atoms with Crippen LogP contribution in [0.15, 0.2) is 22.8 Å². The third-order valence-corrected chi connectivity index (χ3v) is 2.56. The van der Waals surface area contributed by atoms with E-state index in [1.807, 2.05) is 19.1 Å². The minimum Gasteiger partial charge on any atom is -0.465 e. The first-order chi connectivity index (χ1) is 7.19. The number of hydrogen-bond donors (Lipinski definition) is 0. The van der Waals surface area contributed by atoms with Crippen LogP contribution >= 0.6 is 15.9 Å². The van der Waals surface area contributed by atoms with E-state index in [1.54, 1.807) is 13.1 Å². The van der Waals surface area contributed by atoms with Gasteiger partial charge >= 0.3 is 5.97 Å². The fraction of sp³-hybridized carbons (Fsp3) is 0.455. The van der Waals surface area contributed by atoms with Gasteiger partial charge < -0.3 is 4.74 Å². The lowest BCUT2D eigenvalue weighted by molar-refractivity contribution is -0.145. The number of hydrogen-bond acceptors (Lipinski definition) is 3. The number of nitrogens with zero attached hydrogens (tertiary/aromatic N) is 1. The summed E-state index contributed by atoms with van der Waals surface area (Å²) in [6.45, 7) is 4.16. The number of ether oxygens (including phenoxy) is 1. The van der Waals surface area contributed by atoms with E-state index in [2.05, 4.69) is 20.9 Å². The fourth-order valence-electron chi connectivity index (χ4n) is 1.33. The predicted molar refractivity (Wildman–Crippen MR) is 61.6 cm³/mol. The summed E-state index contributed by atoms with van der Waals surface area (Å²) in [6.07, 6.45) is 2.39. The van der Waals surface area contributed by atoms with Crippen molar-refractivity contribution in [2.24, 2.45) is 0 Å². The SMILES string of the molecule is CCOC(=O)C(CC)c1ccc(Br)cn1.